The van der Waals surface area contributed by atoms with Gasteiger partial charge < -0.3 is 16.2 Å². The van der Waals surface area contributed by atoms with Gasteiger partial charge in [-0.25, -0.2) is 4.98 Å². The van der Waals surface area contributed by atoms with Crippen molar-refractivity contribution in [3.63, 3.8) is 0 Å². The Morgan fingerprint density at radius 2 is 2.05 bits per heavy atom. The fourth-order valence-corrected chi connectivity index (χ4v) is 2.83. The fourth-order valence-electron chi connectivity index (χ4n) is 2.83. The van der Waals surface area contributed by atoms with Crippen LogP contribution in [0.5, 0.6) is 0 Å². The third kappa shape index (κ3) is 3.26. The largest absolute Gasteiger partial charge is 0.481 e. The predicted molar refractivity (Wildman–Crippen MR) is 74.6 cm³/mol. The first-order chi connectivity index (χ1) is 9.40. The Kier molecular flexibility index (Phi) is 3.92. The molecule has 1 saturated carbocycles. The summed E-state index contributed by atoms with van der Waals surface area (Å²) < 4.78 is 0. The molecule has 0 aromatic carbocycles. The van der Waals surface area contributed by atoms with Gasteiger partial charge in [0.25, 0.3) is 0 Å². The number of rotatable bonds is 5. The average molecular weight is 277 g/mol. The molecule has 1 amide bonds. The number of nitrogens with one attached hydrogen (secondary N) is 1. The summed E-state index contributed by atoms with van der Waals surface area (Å²) in [5.74, 6) is -0.832. The minimum absolute atomic E-state index is 0.0501. The van der Waals surface area contributed by atoms with Crippen LogP contribution in [0.1, 0.15) is 48.2 Å². The molecule has 0 aliphatic heterocycles. The molecule has 1 heterocycles. The van der Waals surface area contributed by atoms with E-state index >= 15 is 0 Å². The van der Waals surface area contributed by atoms with Crippen LogP contribution in [-0.2, 0) is 4.79 Å². The predicted octanol–water partition coefficient (Wildman–Crippen LogP) is 1.69. The summed E-state index contributed by atoms with van der Waals surface area (Å²) in [6, 6.07) is 3.20. The quantitative estimate of drug-likeness (QED) is 0.759. The molecule has 1 aliphatic carbocycles. The van der Waals surface area contributed by atoms with Crippen molar-refractivity contribution >= 4 is 17.7 Å². The zero-order valence-electron chi connectivity index (χ0n) is 11.5. The van der Waals surface area contributed by atoms with E-state index in [4.69, 9.17) is 10.8 Å². The van der Waals surface area contributed by atoms with E-state index in [1.807, 2.05) is 0 Å². The lowest BCUT2D eigenvalue weighted by Crippen LogP contribution is -2.38. The van der Waals surface area contributed by atoms with Crippen LogP contribution < -0.4 is 11.1 Å². The first-order valence-electron chi connectivity index (χ1n) is 6.69. The molecule has 6 heteroatoms. The molecular weight excluding hydrogens is 258 g/mol. The molecule has 0 bridgehead atoms. The highest BCUT2D eigenvalue weighted by Crippen LogP contribution is 2.35. The van der Waals surface area contributed by atoms with Crippen molar-refractivity contribution in [2.24, 2.45) is 5.73 Å². The molecule has 2 rings (SSSR count). The highest BCUT2D eigenvalue weighted by molar-refractivity contribution is 5.93. The van der Waals surface area contributed by atoms with E-state index in [9.17, 15) is 9.59 Å². The van der Waals surface area contributed by atoms with Crippen molar-refractivity contribution in [2.45, 2.75) is 44.6 Å². The van der Waals surface area contributed by atoms with E-state index in [1.54, 1.807) is 19.1 Å². The summed E-state index contributed by atoms with van der Waals surface area (Å²) in [5, 5.41) is 12.3. The lowest BCUT2D eigenvalue weighted by atomic mass is 9.93. The number of amides is 1. The van der Waals surface area contributed by atoms with Gasteiger partial charge in [0, 0.05) is 16.8 Å². The van der Waals surface area contributed by atoms with Gasteiger partial charge >= 0.3 is 5.97 Å². The molecule has 1 fully saturated rings. The maximum absolute atomic E-state index is 11.3. The number of aliphatic carboxylic acids is 1. The number of anilines is 1. The summed E-state index contributed by atoms with van der Waals surface area (Å²) in [5.41, 5.74) is 5.87. The van der Waals surface area contributed by atoms with Crippen LogP contribution in [0.15, 0.2) is 12.1 Å². The van der Waals surface area contributed by atoms with Crippen molar-refractivity contribution in [2.75, 3.05) is 5.32 Å². The van der Waals surface area contributed by atoms with Gasteiger partial charge in [-0.3, -0.25) is 9.59 Å². The minimum Gasteiger partial charge on any atom is -0.481 e. The molecule has 1 aromatic heterocycles. The second-order valence-electron chi connectivity index (χ2n) is 5.43. The number of aromatic nitrogens is 1. The van der Waals surface area contributed by atoms with E-state index in [2.05, 4.69) is 10.3 Å². The number of pyridine rings is 1. The molecule has 1 aromatic rings. The molecule has 4 N–H and O–H groups in total. The zero-order valence-corrected chi connectivity index (χ0v) is 11.5. The van der Waals surface area contributed by atoms with E-state index in [0.717, 1.165) is 25.7 Å². The van der Waals surface area contributed by atoms with Gasteiger partial charge in [-0.1, -0.05) is 12.8 Å². The van der Waals surface area contributed by atoms with Gasteiger partial charge in [0.15, 0.2) is 0 Å². The first kappa shape index (κ1) is 14.3. The molecule has 6 nitrogen and oxygen atoms in total. The van der Waals surface area contributed by atoms with Gasteiger partial charge in [-0.05, 0) is 31.9 Å². The second kappa shape index (κ2) is 5.48. The zero-order chi connectivity index (χ0) is 14.8. The monoisotopic (exact) mass is 277 g/mol. The molecule has 1 aliphatic rings. The van der Waals surface area contributed by atoms with Crippen LogP contribution in [0.4, 0.5) is 5.82 Å². The van der Waals surface area contributed by atoms with Gasteiger partial charge in [0.05, 0.1) is 6.42 Å². The standard InChI is InChI=1S/C14H19N3O3/c1-9-6-10(13(15)20)7-11(16-9)17-14(8-12(18)19)4-2-3-5-14/h6-7H,2-5,8H2,1H3,(H2,15,20)(H,16,17)(H,18,19). The Morgan fingerprint density at radius 3 is 2.60 bits per heavy atom. The number of carboxylic acid groups (broad SMARTS) is 1. The van der Waals surface area contributed by atoms with E-state index < -0.39 is 17.4 Å². The number of nitrogens with zero attached hydrogens (tertiary/aromatic N) is 1. The smallest absolute Gasteiger partial charge is 0.305 e. The third-order valence-electron chi connectivity index (χ3n) is 3.68. The van der Waals surface area contributed by atoms with E-state index in [0.29, 0.717) is 17.1 Å². The summed E-state index contributed by atoms with van der Waals surface area (Å²) in [6.45, 7) is 1.77. The van der Waals surface area contributed by atoms with Crippen molar-refractivity contribution < 1.29 is 14.7 Å². The Balaban J connectivity index is 2.27. The molecule has 108 valence electrons. The highest BCUT2D eigenvalue weighted by Gasteiger charge is 2.36. The first-order valence-corrected chi connectivity index (χ1v) is 6.69. The fraction of sp³-hybridized carbons (Fsp3) is 0.500. The SMILES string of the molecule is Cc1cc(C(N)=O)cc(NC2(CC(=O)O)CCCC2)n1. The molecular formula is C14H19N3O3. The minimum atomic E-state index is -0.831. The van der Waals surface area contributed by atoms with Crippen LogP contribution in [0.3, 0.4) is 0 Å². The maximum atomic E-state index is 11.3. The summed E-state index contributed by atoms with van der Waals surface area (Å²) >= 11 is 0. The van der Waals surface area contributed by atoms with Crippen molar-refractivity contribution in [3.8, 4) is 0 Å². The number of carboxylic acids is 1. The van der Waals surface area contributed by atoms with Gasteiger partial charge in [-0.2, -0.15) is 0 Å². The van der Waals surface area contributed by atoms with Crippen LogP contribution in [0, 0.1) is 6.92 Å². The topological polar surface area (TPSA) is 105 Å². The van der Waals surface area contributed by atoms with Crippen LogP contribution in [0.2, 0.25) is 0 Å². The van der Waals surface area contributed by atoms with E-state index in [1.165, 1.54) is 0 Å². The summed E-state index contributed by atoms with van der Waals surface area (Å²) in [6.07, 6.45) is 3.62. The van der Waals surface area contributed by atoms with Crippen LogP contribution >= 0.6 is 0 Å². The molecule has 0 spiro atoms. The van der Waals surface area contributed by atoms with Crippen molar-refractivity contribution in [3.05, 3.63) is 23.4 Å². The second-order valence-corrected chi connectivity index (χ2v) is 5.43. The number of aryl methyl sites for hydroxylation is 1. The number of carbonyl (C=O) groups excluding carboxylic acids is 1. The highest BCUT2D eigenvalue weighted by atomic mass is 16.4. The van der Waals surface area contributed by atoms with Crippen molar-refractivity contribution in [1.82, 2.24) is 4.98 Å². The lowest BCUT2D eigenvalue weighted by molar-refractivity contribution is -0.138. The number of primary amides is 1. The van der Waals surface area contributed by atoms with Gasteiger partial charge in [0.2, 0.25) is 5.91 Å². The van der Waals surface area contributed by atoms with Crippen LogP contribution in [-0.4, -0.2) is 27.5 Å². The van der Waals surface area contributed by atoms with Crippen LogP contribution in [0.25, 0.3) is 0 Å². The van der Waals surface area contributed by atoms with Gasteiger partial charge in [-0.15, -0.1) is 0 Å². The van der Waals surface area contributed by atoms with Gasteiger partial charge in [0.1, 0.15) is 5.82 Å². The number of hydrogen-bond donors (Lipinski definition) is 3. The Bertz CT molecular complexity index is 536. The third-order valence-corrected chi connectivity index (χ3v) is 3.68. The van der Waals surface area contributed by atoms with Crippen molar-refractivity contribution in [1.29, 1.82) is 0 Å². The summed E-state index contributed by atoms with van der Waals surface area (Å²) in [7, 11) is 0. The van der Waals surface area contributed by atoms with E-state index in [-0.39, 0.29) is 6.42 Å². The molecule has 20 heavy (non-hydrogen) atoms. The number of carbonyl (C=O) groups is 2. The lowest BCUT2D eigenvalue weighted by Gasteiger charge is -2.29. The normalized spacial score (nSPS) is 16.9. The number of nitrogens with two attached hydrogens (primary N) is 1. The summed E-state index contributed by atoms with van der Waals surface area (Å²) in [4.78, 5) is 26.7. The average Bonchev–Trinajstić information content (AvgIpc) is 2.75. The molecule has 0 atom stereocenters. The number of hydrogen-bond acceptors (Lipinski definition) is 4. The Morgan fingerprint density at radius 1 is 1.40 bits per heavy atom. The Labute approximate surface area is 117 Å². The maximum Gasteiger partial charge on any atom is 0.305 e. The molecule has 0 unspecified atom stereocenters. The molecule has 0 saturated heterocycles. The molecule has 0 radical (unpaired) electrons. The Hall–Kier alpha value is -2.11.